The molecule has 3 nitrogen and oxygen atoms in total. The molecule has 96 valence electrons. The number of anilines is 2. The highest BCUT2D eigenvalue weighted by Gasteiger charge is 2.42. The summed E-state index contributed by atoms with van der Waals surface area (Å²) in [5, 5.41) is 6.07. The molecular formula is C13H14ClFN2O. The highest BCUT2D eigenvalue weighted by Crippen LogP contribution is 2.42. The van der Waals surface area contributed by atoms with E-state index in [0.717, 1.165) is 25.7 Å². The molecule has 2 aliphatic rings. The fourth-order valence-corrected chi connectivity index (χ4v) is 3.02. The lowest BCUT2D eigenvalue weighted by molar-refractivity contribution is -0.124. The van der Waals surface area contributed by atoms with Crippen molar-refractivity contribution in [2.24, 2.45) is 5.41 Å². The second-order valence-electron chi connectivity index (χ2n) is 5.11. The number of carbonyl (C=O) groups excluding carboxylic acids is 1. The van der Waals surface area contributed by atoms with E-state index in [0.29, 0.717) is 17.9 Å². The van der Waals surface area contributed by atoms with Gasteiger partial charge in [0.05, 0.1) is 21.8 Å². The molecule has 18 heavy (non-hydrogen) atoms. The zero-order valence-corrected chi connectivity index (χ0v) is 10.6. The van der Waals surface area contributed by atoms with Crippen molar-refractivity contribution in [1.82, 2.24) is 0 Å². The molecule has 1 fully saturated rings. The molecule has 1 aliphatic heterocycles. The fourth-order valence-electron chi connectivity index (χ4n) is 2.85. The molecule has 1 heterocycles. The van der Waals surface area contributed by atoms with Crippen molar-refractivity contribution < 1.29 is 9.18 Å². The Hall–Kier alpha value is -1.29. The summed E-state index contributed by atoms with van der Waals surface area (Å²) in [6.45, 7) is 0.562. The van der Waals surface area contributed by atoms with E-state index in [-0.39, 0.29) is 16.3 Å². The van der Waals surface area contributed by atoms with Gasteiger partial charge < -0.3 is 10.6 Å². The smallest absolute Gasteiger partial charge is 0.232 e. The number of amides is 1. The molecule has 1 amide bonds. The van der Waals surface area contributed by atoms with Crippen LogP contribution in [0.2, 0.25) is 5.02 Å². The van der Waals surface area contributed by atoms with E-state index in [4.69, 9.17) is 11.6 Å². The highest BCUT2D eigenvalue weighted by molar-refractivity contribution is 6.31. The number of benzene rings is 1. The van der Waals surface area contributed by atoms with Gasteiger partial charge in [0, 0.05) is 12.6 Å². The maximum atomic E-state index is 13.4. The standard InChI is InChI=1S/C13H14ClFN2O/c14-8-5-11-10(6-9(8)15)16-7-13(12(18)17-11)3-1-2-4-13/h5-6,16H,1-4,7H2,(H,17,18). The molecule has 0 bridgehead atoms. The Labute approximate surface area is 110 Å². The third-order valence-electron chi connectivity index (χ3n) is 3.97. The van der Waals surface area contributed by atoms with E-state index in [1.165, 1.54) is 12.1 Å². The van der Waals surface area contributed by atoms with E-state index < -0.39 is 5.82 Å². The Morgan fingerprint density at radius 3 is 2.67 bits per heavy atom. The Kier molecular flexibility index (Phi) is 2.70. The van der Waals surface area contributed by atoms with Crippen LogP contribution >= 0.6 is 11.6 Å². The molecule has 1 aromatic carbocycles. The molecule has 5 heteroatoms. The van der Waals surface area contributed by atoms with Gasteiger partial charge in [-0.05, 0) is 18.9 Å². The summed E-state index contributed by atoms with van der Waals surface area (Å²) in [6, 6.07) is 2.80. The molecule has 1 aliphatic carbocycles. The summed E-state index contributed by atoms with van der Waals surface area (Å²) in [6.07, 6.45) is 3.91. The minimum atomic E-state index is -0.473. The molecule has 1 aromatic rings. The minimum Gasteiger partial charge on any atom is -0.382 e. The van der Waals surface area contributed by atoms with Gasteiger partial charge in [-0.3, -0.25) is 4.79 Å². The van der Waals surface area contributed by atoms with Crippen molar-refractivity contribution in [3.05, 3.63) is 23.0 Å². The summed E-state index contributed by atoms with van der Waals surface area (Å²) < 4.78 is 13.4. The summed E-state index contributed by atoms with van der Waals surface area (Å²) in [5.41, 5.74) is 0.825. The van der Waals surface area contributed by atoms with Crippen molar-refractivity contribution in [2.75, 3.05) is 17.2 Å². The molecule has 0 saturated heterocycles. The van der Waals surface area contributed by atoms with Gasteiger partial charge in [-0.25, -0.2) is 4.39 Å². The topological polar surface area (TPSA) is 41.1 Å². The number of hydrogen-bond donors (Lipinski definition) is 2. The van der Waals surface area contributed by atoms with E-state index in [2.05, 4.69) is 10.6 Å². The lowest BCUT2D eigenvalue weighted by Crippen LogP contribution is -2.37. The van der Waals surface area contributed by atoms with E-state index in [1.807, 2.05) is 0 Å². The molecule has 3 rings (SSSR count). The molecule has 1 saturated carbocycles. The predicted octanol–water partition coefficient (Wildman–Crippen LogP) is 3.40. The van der Waals surface area contributed by atoms with Gasteiger partial charge in [0.15, 0.2) is 0 Å². The summed E-state index contributed by atoms with van der Waals surface area (Å²) in [7, 11) is 0. The van der Waals surface area contributed by atoms with Gasteiger partial charge in [-0.15, -0.1) is 0 Å². The van der Waals surface area contributed by atoms with Gasteiger partial charge in [0.1, 0.15) is 5.82 Å². The van der Waals surface area contributed by atoms with Crippen LogP contribution in [-0.4, -0.2) is 12.5 Å². The monoisotopic (exact) mass is 268 g/mol. The Morgan fingerprint density at radius 1 is 1.22 bits per heavy atom. The van der Waals surface area contributed by atoms with Crippen LogP contribution in [-0.2, 0) is 4.79 Å². The van der Waals surface area contributed by atoms with Crippen molar-refractivity contribution in [1.29, 1.82) is 0 Å². The second-order valence-corrected chi connectivity index (χ2v) is 5.51. The van der Waals surface area contributed by atoms with Crippen LogP contribution in [0.15, 0.2) is 12.1 Å². The molecule has 0 aromatic heterocycles. The molecular weight excluding hydrogens is 255 g/mol. The molecule has 0 radical (unpaired) electrons. The average molecular weight is 269 g/mol. The zero-order valence-electron chi connectivity index (χ0n) is 9.85. The number of hydrogen-bond acceptors (Lipinski definition) is 2. The zero-order chi connectivity index (χ0) is 12.8. The number of rotatable bonds is 0. The van der Waals surface area contributed by atoms with E-state index >= 15 is 0 Å². The third kappa shape index (κ3) is 1.75. The van der Waals surface area contributed by atoms with Crippen LogP contribution in [0.25, 0.3) is 0 Å². The number of nitrogens with one attached hydrogen (secondary N) is 2. The molecule has 2 N–H and O–H groups in total. The SMILES string of the molecule is O=C1Nc2cc(Cl)c(F)cc2NCC12CCCC2. The van der Waals surface area contributed by atoms with Crippen molar-refractivity contribution in [2.45, 2.75) is 25.7 Å². The van der Waals surface area contributed by atoms with Crippen LogP contribution < -0.4 is 10.6 Å². The van der Waals surface area contributed by atoms with Crippen LogP contribution in [0.5, 0.6) is 0 Å². The molecule has 1 spiro atoms. The van der Waals surface area contributed by atoms with Crippen molar-refractivity contribution in [3.63, 3.8) is 0 Å². The summed E-state index contributed by atoms with van der Waals surface area (Å²) in [5.74, 6) is -0.450. The van der Waals surface area contributed by atoms with Gasteiger partial charge in [-0.2, -0.15) is 0 Å². The summed E-state index contributed by atoms with van der Waals surface area (Å²) >= 11 is 5.74. The first-order valence-corrected chi connectivity index (χ1v) is 6.53. The van der Waals surface area contributed by atoms with Crippen LogP contribution in [0.1, 0.15) is 25.7 Å². The number of halogens is 2. The Morgan fingerprint density at radius 2 is 1.94 bits per heavy atom. The van der Waals surface area contributed by atoms with Crippen molar-refractivity contribution in [3.8, 4) is 0 Å². The largest absolute Gasteiger partial charge is 0.382 e. The first-order valence-electron chi connectivity index (χ1n) is 6.15. The van der Waals surface area contributed by atoms with E-state index in [9.17, 15) is 9.18 Å². The Balaban J connectivity index is 1.98. The Bertz CT molecular complexity index is 512. The molecule has 0 unspecified atom stereocenters. The van der Waals surface area contributed by atoms with Gasteiger partial charge in [-0.1, -0.05) is 24.4 Å². The highest BCUT2D eigenvalue weighted by atomic mass is 35.5. The number of fused-ring (bicyclic) bond motifs is 1. The first kappa shape index (κ1) is 11.8. The predicted molar refractivity (Wildman–Crippen MR) is 69.4 cm³/mol. The maximum absolute atomic E-state index is 13.4. The third-order valence-corrected chi connectivity index (χ3v) is 4.26. The van der Waals surface area contributed by atoms with Gasteiger partial charge >= 0.3 is 0 Å². The van der Waals surface area contributed by atoms with Crippen LogP contribution in [0, 0.1) is 11.2 Å². The quantitative estimate of drug-likeness (QED) is 0.757. The van der Waals surface area contributed by atoms with Gasteiger partial charge in [0.2, 0.25) is 5.91 Å². The van der Waals surface area contributed by atoms with Crippen molar-refractivity contribution >= 4 is 28.9 Å². The minimum absolute atomic E-state index is 0.0222. The lowest BCUT2D eigenvalue weighted by Gasteiger charge is -2.24. The van der Waals surface area contributed by atoms with E-state index in [1.54, 1.807) is 0 Å². The normalized spacial score (nSPS) is 21.1. The summed E-state index contributed by atoms with van der Waals surface area (Å²) in [4.78, 5) is 12.3. The number of carbonyl (C=O) groups is 1. The van der Waals surface area contributed by atoms with Crippen LogP contribution in [0.3, 0.4) is 0 Å². The average Bonchev–Trinajstić information content (AvgIpc) is 2.77. The second kappa shape index (κ2) is 4.12. The van der Waals surface area contributed by atoms with Gasteiger partial charge in [0.25, 0.3) is 0 Å². The fraction of sp³-hybridized carbons (Fsp3) is 0.462. The lowest BCUT2D eigenvalue weighted by atomic mass is 9.85. The van der Waals surface area contributed by atoms with Crippen LogP contribution in [0.4, 0.5) is 15.8 Å². The molecule has 0 atom stereocenters. The first-order chi connectivity index (χ1) is 8.61. The maximum Gasteiger partial charge on any atom is 0.232 e.